The summed E-state index contributed by atoms with van der Waals surface area (Å²) in [6, 6.07) is 7.36. The molecule has 88 valence electrons. The zero-order valence-electron chi connectivity index (χ0n) is 10.4. The van der Waals surface area contributed by atoms with Crippen LogP contribution >= 0.6 is 0 Å². The maximum atomic E-state index is 12.2. The molecule has 1 amide bonds. The Morgan fingerprint density at radius 3 is 2.56 bits per heavy atom. The first-order valence-corrected chi connectivity index (χ1v) is 5.52. The third kappa shape index (κ3) is 2.54. The zero-order valence-corrected chi connectivity index (χ0v) is 10.4. The van der Waals surface area contributed by atoms with Crippen LogP contribution in [0.4, 0.5) is 11.4 Å². The van der Waals surface area contributed by atoms with Gasteiger partial charge in [-0.1, -0.05) is 26.8 Å². The predicted octanol–water partition coefficient (Wildman–Crippen LogP) is 2.67. The van der Waals surface area contributed by atoms with Crippen LogP contribution in [0.3, 0.4) is 0 Å². The summed E-state index contributed by atoms with van der Waals surface area (Å²) in [5.41, 5.74) is 6.88. The average Bonchev–Trinajstić information content (AvgIpc) is 2.27. The average molecular weight is 220 g/mol. The fourth-order valence-electron chi connectivity index (χ4n) is 1.46. The number of hydrogen-bond donors (Lipinski definition) is 1. The summed E-state index contributed by atoms with van der Waals surface area (Å²) >= 11 is 0. The summed E-state index contributed by atoms with van der Waals surface area (Å²) < 4.78 is 0. The van der Waals surface area contributed by atoms with E-state index in [2.05, 4.69) is 0 Å². The lowest BCUT2D eigenvalue weighted by Crippen LogP contribution is -2.38. The molecule has 0 radical (unpaired) electrons. The number of carbonyl (C=O) groups is 1. The number of anilines is 2. The largest absolute Gasteiger partial charge is 0.399 e. The molecule has 0 fully saturated rings. The molecule has 0 aromatic heterocycles. The van der Waals surface area contributed by atoms with E-state index in [4.69, 9.17) is 5.73 Å². The van der Waals surface area contributed by atoms with Crippen LogP contribution in [0.15, 0.2) is 24.3 Å². The van der Waals surface area contributed by atoms with Crippen LogP contribution in [-0.2, 0) is 4.79 Å². The molecule has 0 spiro atoms. The Balaban J connectivity index is 2.95. The van der Waals surface area contributed by atoms with Gasteiger partial charge in [-0.3, -0.25) is 4.79 Å². The molecule has 3 heteroatoms. The number of nitrogens with zero attached hydrogens (tertiary/aromatic N) is 1. The van der Waals surface area contributed by atoms with Crippen molar-refractivity contribution in [3.05, 3.63) is 24.3 Å². The van der Waals surface area contributed by atoms with E-state index in [0.717, 1.165) is 12.1 Å². The van der Waals surface area contributed by atoms with Gasteiger partial charge in [-0.25, -0.2) is 0 Å². The van der Waals surface area contributed by atoms with Crippen molar-refractivity contribution in [3.8, 4) is 0 Å². The predicted molar refractivity (Wildman–Crippen MR) is 68.3 cm³/mol. The molecule has 0 aliphatic rings. The number of hydrogen-bond acceptors (Lipinski definition) is 2. The van der Waals surface area contributed by atoms with E-state index in [9.17, 15) is 4.79 Å². The quantitative estimate of drug-likeness (QED) is 0.796. The van der Waals surface area contributed by atoms with Gasteiger partial charge < -0.3 is 10.6 Å². The third-order valence-electron chi connectivity index (χ3n) is 3.02. The van der Waals surface area contributed by atoms with Crippen molar-refractivity contribution in [2.24, 2.45) is 5.41 Å². The molecule has 0 saturated heterocycles. The minimum Gasteiger partial charge on any atom is -0.399 e. The highest BCUT2D eigenvalue weighted by Gasteiger charge is 2.28. The molecule has 1 aromatic rings. The topological polar surface area (TPSA) is 46.3 Å². The maximum absolute atomic E-state index is 12.2. The van der Waals surface area contributed by atoms with E-state index in [1.807, 2.05) is 45.0 Å². The van der Waals surface area contributed by atoms with Crippen molar-refractivity contribution in [1.82, 2.24) is 0 Å². The number of benzene rings is 1. The number of rotatable bonds is 3. The Morgan fingerprint density at radius 1 is 1.44 bits per heavy atom. The van der Waals surface area contributed by atoms with Gasteiger partial charge in [0.2, 0.25) is 5.91 Å². The number of nitrogen functional groups attached to an aromatic ring is 1. The number of amides is 1. The van der Waals surface area contributed by atoms with E-state index < -0.39 is 0 Å². The Bertz CT molecular complexity index is 385. The minimum absolute atomic E-state index is 0.112. The lowest BCUT2D eigenvalue weighted by Gasteiger charge is -2.28. The molecule has 16 heavy (non-hydrogen) atoms. The molecule has 1 rings (SSSR count). The van der Waals surface area contributed by atoms with Crippen molar-refractivity contribution < 1.29 is 4.79 Å². The summed E-state index contributed by atoms with van der Waals surface area (Å²) in [6.45, 7) is 5.93. The fraction of sp³-hybridized carbons (Fsp3) is 0.462. The van der Waals surface area contributed by atoms with Gasteiger partial charge in [0.25, 0.3) is 0 Å². The first-order valence-electron chi connectivity index (χ1n) is 5.52. The number of nitrogens with two attached hydrogens (primary N) is 1. The highest BCUT2D eigenvalue weighted by atomic mass is 16.2. The molecular weight excluding hydrogens is 200 g/mol. The van der Waals surface area contributed by atoms with Crippen LogP contribution in [0.2, 0.25) is 0 Å². The lowest BCUT2D eigenvalue weighted by atomic mass is 9.88. The SMILES string of the molecule is CCC(C)(C)C(=O)N(C)c1cccc(N)c1. The third-order valence-corrected chi connectivity index (χ3v) is 3.02. The molecule has 1 aromatic carbocycles. The lowest BCUT2D eigenvalue weighted by molar-refractivity contribution is -0.126. The Morgan fingerprint density at radius 2 is 2.06 bits per heavy atom. The highest BCUT2D eigenvalue weighted by Crippen LogP contribution is 2.26. The molecule has 0 atom stereocenters. The molecule has 0 heterocycles. The first-order chi connectivity index (χ1) is 7.38. The van der Waals surface area contributed by atoms with Gasteiger partial charge in [0, 0.05) is 23.8 Å². The van der Waals surface area contributed by atoms with E-state index in [-0.39, 0.29) is 11.3 Å². The second kappa shape index (κ2) is 4.56. The fourth-order valence-corrected chi connectivity index (χ4v) is 1.46. The van der Waals surface area contributed by atoms with Gasteiger partial charge in [-0.05, 0) is 24.6 Å². The normalized spacial score (nSPS) is 11.2. The van der Waals surface area contributed by atoms with Gasteiger partial charge >= 0.3 is 0 Å². The van der Waals surface area contributed by atoms with E-state index in [0.29, 0.717) is 5.69 Å². The first kappa shape index (κ1) is 12.6. The molecular formula is C13H20N2O. The smallest absolute Gasteiger partial charge is 0.232 e. The Hall–Kier alpha value is -1.51. The van der Waals surface area contributed by atoms with Crippen molar-refractivity contribution in [2.75, 3.05) is 17.7 Å². The Labute approximate surface area is 97.2 Å². The monoisotopic (exact) mass is 220 g/mol. The van der Waals surface area contributed by atoms with E-state index in [1.54, 1.807) is 11.9 Å². The van der Waals surface area contributed by atoms with Crippen LogP contribution in [0.1, 0.15) is 27.2 Å². The maximum Gasteiger partial charge on any atom is 0.232 e. The standard InChI is InChI=1S/C13H20N2O/c1-5-13(2,3)12(16)15(4)11-8-6-7-10(14)9-11/h6-9H,5,14H2,1-4H3. The van der Waals surface area contributed by atoms with Crippen molar-refractivity contribution >= 4 is 17.3 Å². The van der Waals surface area contributed by atoms with Crippen molar-refractivity contribution in [3.63, 3.8) is 0 Å². The van der Waals surface area contributed by atoms with Crippen molar-refractivity contribution in [1.29, 1.82) is 0 Å². The summed E-state index contributed by atoms with van der Waals surface area (Å²) in [5, 5.41) is 0. The summed E-state index contributed by atoms with van der Waals surface area (Å²) in [4.78, 5) is 13.9. The van der Waals surface area contributed by atoms with E-state index in [1.165, 1.54) is 0 Å². The molecule has 0 bridgehead atoms. The molecule has 0 aliphatic carbocycles. The molecule has 0 aliphatic heterocycles. The van der Waals surface area contributed by atoms with Crippen LogP contribution < -0.4 is 10.6 Å². The summed E-state index contributed by atoms with van der Waals surface area (Å²) in [6.07, 6.45) is 0.818. The van der Waals surface area contributed by atoms with Gasteiger partial charge in [0.05, 0.1) is 0 Å². The molecule has 0 unspecified atom stereocenters. The zero-order chi connectivity index (χ0) is 12.3. The summed E-state index contributed by atoms with van der Waals surface area (Å²) in [5.74, 6) is 0.112. The van der Waals surface area contributed by atoms with Crippen LogP contribution in [0.25, 0.3) is 0 Å². The number of carbonyl (C=O) groups excluding carboxylic acids is 1. The molecule has 2 N–H and O–H groups in total. The van der Waals surface area contributed by atoms with Gasteiger partial charge in [-0.15, -0.1) is 0 Å². The second-order valence-electron chi connectivity index (χ2n) is 4.70. The minimum atomic E-state index is -0.334. The summed E-state index contributed by atoms with van der Waals surface area (Å²) in [7, 11) is 1.79. The van der Waals surface area contributed by atoms with Gasteiger partial charge in [-0.2, -0.15) is 0 Å². The van der Waals surface area contributed by atoms with Gasteiger partial charge in [0.15, 0.2) is 0 Å². The van der Waals surface area contributed by atoms with E-state index >= 15 is 0 Å². The second-order valence-corrected chi connectivity index (χ2v) is 4.70. The van der Waals surface area contributed by atoms with Crippen LogP contribution in [0.5, 0.6) is 0 Å². The molecule has 3 nitrogen and oxygen atoms in total. The molecule has 0 saturated carbocycles. The van der Waals surface area contributed by atoms with Crippen LogP contribution in [-0.4, -0.2) is 13.0 Å². The van der Waals surface area contributed by atoms with Crippen molar-refractivity contribution in [2.45, 2.75) is 27.2 Å². The Kier molecular flexibility index (Phi) is 3.58. The van der Waals surface area contributed by atoms with Crippen LogP contribution in [0, 0.1) is 5.41 Å². The highest BCUT2D eigenvalue weighted by molar-refractivity contribution is 5.96. The van der Waals surface area contributed by atoms with Gasteiger partial charge in [0.1, 0.15) is 0 Å².